The summed E-state index contributed by atoms with van der Waals surface area (Å²) in [5.74, 6) is -6.71. The number of primary amides is 1. The first-order chi connectivity index (χ1) is 21.3. The van der Waals surface area contributed by atoms with Crippen molar-refractivity contribution in [3.05, 3.63) is 87.9 Å². The van der Waals surface area contributed by atoms with Crippen molar-refractivity contribution < 1.29 is 34.8 Å². The molecular weight excluding hydrogens is 574 g/mol. The Bertz CT molecular complexity index is 1860. The quantitative estimate of drug-likeness (QED) is 0.228. The molecule has 3 aromatic carbocycles. The number of Topliss-reactive ketones (excluding diaryl/α,β-unsaturated/α-hetero) is 2. The molecule has 0 bridgehead atoms. The van der Waals surface area contributed by atoms with Crippen molar-refractivity contribution in [2.24, 2.45) is 17.6 Å². The third-order valence-corrected chi connectivity index (χ3v) is 9.61. The second-order valence-electron chi connectivity index (χ2n) is 12.8. The molecule has 234 valence electrons. The van der Waals surface area contributed by atoms with E-state index in [1.807, 2.05) is 24.3 Å². The minimum Gasteiger partial charge on any atom is -0.510 e. The molecular formula is C35H37N3O7. The summed E-state index contributed by atoms with van der Waals surface area (Å²) in [6, 6.07) is 14.5. The van der Waals surface area contributed by atoms with E-state index in [2.05, 4.69) is 31.3 Å². The first-order valence-electron chi connectivity index (χ1n) is 15.0. The van der Waals surface area contributed by atoms with Gasteiger partial charge in [0.15, 0.2) is 11.4 Å². The molecule has 3 aliphatic carbocycles. The van der Waals surface area contributed by atoms with Crippen LogP contribution in [0.2, 0.25) is 0 Å². The fourth-order valence-corrected chi connectivity index (χ4v) is 7.57. The highest BCUT2D eigenvalue weighted by Gasteiger charge is 2.63. The molecule has 0 saturated carbocycles. The fraction of sp³-hybridized carbons (Fsp3) is 0.343. The zero-order valence-electron chi connectivity index (χ0n) is 25.6. The molecule has 4 unspecified atom stereocenters. The Kier molecular flexibility index (Phi) is 7.35. The van der Waals surface area contributed by atoms with Gasteiger partial charge in [0.25, 0.3) is 5.91 Å². The van der Waals surface area contributed by atoms with Gasteiger partial charge in [0.1, 0.15) is 22.8 Å². The minimum absolute atomic E-state index is 0.0112. The van der Waals surface area contributed by atoms with Crippen molar-refractivity contribution in [1.82, 2.24) is 10.2 Å². The molecule has 1 amide bonds. The van der Waals surface area contributed by atoms with Gasteiger partial charge in [-0.1, -0.05) is 56.3 Å². The van der Waals surface area contributed by atoms with Crippen LogP contribution in [0, 0.1) is 11.8 Å². The van der Waals surface area contributed by atoms with Crippen molar-refractivity contribution in [3.8, 4) is 16.9 Å². The summed E-state index contributed by atoms with van der Waals surface area (Å²) < 4.78 is 0. The normalized spacial score (nSPS) is 24.7. The number of phenols is 1. The number of aliphatic hydroxyl groups is 3. The van der Waals surface area contributed by atoms with Gasteiger partial charge in [0.2, 0.25) is 5.78 Å². The van der Waals surface area contributed by atoms with E-state index in [1.54, 1.807) is 20.2 Å². The van der Waals surface area contributed by atoms with Gasteiger partial charge in [-0.05, 0) is 71.9 Å². The van der Waals surface area contributed by atoms with Crippen LogP contribution in [0.25, 0.3) is 21.9 Å². The lowest BCUT2D eigenvalue weighted by atomic mass is 9.58. The molecule has 7 N–H and O–H groups in total. The number of rotatable bonds is 6. The zero-order valence-corrected chi connectivity index (χ0v) is 25.6. The Morgan fingerprint density at radius 3 is 2.33 bits per heavy atom. The van der Waals surface area contributed by atoms with Crippen molar-refractivity contribution in [1.29, 1.82) is 0 Å². The van der Waals surface area contributed by atoms with Crippen molar-refractivity contribution in [2.75, 3.05) is 14.1 Å². The summed E-state index contributed by atoms with van der Waals surface area (Å²) in [7, 11) is 3.21. The largest absolute Gasteiger partial charge is 0.510 e. The van der Waals surface area contributed by atoms with Gasteiger partial charge in [-0.2, -0.15) is 0 Å². The highest BCUT2D eigenvalue weighted by atomic mass is 16.3. The number of carbonyl (C=O) groups excluding carboxylic acids is 3. The second kappa shape index (κ2) is 10.8. The molecule has 45 heavy (non-hydrogen) atoms. The van der Waals surface area contributed by atoms with E-state index in [4.69, 9.17) is 5.73 Å². The average Bonchev–Trinajstić information content (AvgIpc) is 2.97. The Hall–Kier alpha value is -4.51. The number of aromatic hydroxyl groups is 1. The number of fused-ring (bicyclic) bond motifs is 4. The van der Waals surface area contributed by atoms with E-state index < -0.39 is 58.0 Å². The predicted octanol–water partition coefficient (Wildman–Crippen LogP) is 3.44. The number of hydrogen-bond donors (Lipinski definition) is 6. The summed E-state index contributed by atoms with van der Waals surface area (Å²) in [5, 5.41) is 50.9. The van der Waals surface area contributed by atoms with Crippen LogP contribution in [0.1, 0.15) is 41.8 Å². The summed E-state index contributed by atoms with van der Waals surface area (Å²) in [6.45, 7) is 4.84. The number of hydrogen-bond acceptors (Lipinski definition) is 9. The number of nitrogens with one attached hydrogen (secondary N) is 1. The van der Waals surface area contributed by atoms with Gasteiger partial charge in [-0.15, -0.1) is 0 Å². The molecule has 4 atom stereocenters. The summed E-state index contributed by atoms with van der Waals surface area (Å²) in [5.41, 5.74) is 5.06. The van der Waals surface area contributed by atoms with E-state index in [0.717, 1.165) is 27.5 Å². The Balaban J connectivity index is 1.53. The summed E-state index contributed by atoms with van der Waals surface area (Å²) in [4.78, 5) is 41.5. The number of likely N-dealkylation sites (N-methyl/N-ethyl adjacent to an activating group) is 1. The monoisotopic (exact) mass is 611 g/mol. The molecule has 0 aromatic heterocycles. The number of carbonyl (C=O) groups is 3. The molecule has 0 spiro atoms. The molecule has 0 radical (unpaired) electrons. The highest BCUT2D eigenvalue weighted by Crippen LogP contribution is 2.53. The average molecular weight is 612 g/mol. The van der Waals surface area contributed by atoms with Gasteiger partial charge in [-0.3, -0.25) is 19.3 Å². The van der Waals surface area contributed by atoms with Gasteiger partial charge in [-0.25, -0.2) is 0 Å². The lowest BCUT2D eigenvalue weighted by Gasteiger charge is -2.50. The van der Waals surface area contributed by atoms with E-state index >= 15 is 0 Å². The van der Waals surface area contributed by atoms with E-state index in [-0.39, 0.29) is 29.7 Å². The third kappa shape index (κ3) is 4.47. The highest BCUT2D eigenvalue weighted by molar-refractivity contribution is 6.25. The van der Waals surface area contributed by atoms with Crippen LogP contribution in [0.3, 0.4) is 0 Å². The van der Waals surface area contributed by atoms with E-state index in [1.165, 1.54) is 11.0 Å². The standard InChI is InChI=1S/C35H37N3O7/c1-16(2)37-15-17-9-10-21(20-8-6-5-7-19(17)20)22-11-12-25(39)27-23(22)13-18-14-24-29(38(3)4)31(41)28(34(36)44)33(43)35(24,45)32(42)26(18)30(27)40/h5-12,16,18,24,29,37,39,41-42,45H,13-15H2,1-4H3,(H2,36,44). The van der Waals surface area contributed by atoms with Crippen molar-refractivity contribution >= 4 is 28.2 Å². The topological polar surface area (TPSA) is 173 Å². The maximum absolute atomic E-state index is 14.2. The Morgan fingerprint density at radius 2 is 1.69 bits per heavy atom. The van der Waals surface area contributed by atoms with E-state index in [0.29, 0.717) is 18.2 Å². The van der Waals surface area contributed by atoms with Crippen LogP contribution >= 0.6 is 0 Å². The number of allylic oxidation sites excluding steroid dienone is 1. The van der Waals surface area contributed by atoms with Crippen molar-refractivity contribution in [3.63, 3.8) is 0 Å². The van der Waals surface area contributed by atoms with Crippen LogP contribution in [0.4, 0.5) is 0 Å². The lowest BCUT2D eigenvalue weighted by Crippen LogP contribution is -2.63. The third-order valence-electron chi connectivity index (χ3n) is 9.61. The maximum atomic E-state index is 14.2. The molecule has 0 fully saturated rings. The van der Waals surface area contributed by atoms with E-state index in [9.17, 15) is 34.8 Å². The van der Waals surface area contributed by atoms with Crippen LogP contribution in [0.15, 0.2) is 71.2 Å². The smallest absolute Gasteiger partial charge is 0.255 e. The molecule has 0 aliphatic heterocycles. The number of benzene rings is 3. The van der Waals surface area contributed by atoms with Crippen LogP contribution in [-0.2, 0) is 22.6 Å². The second-order valence-corrected chi connectivity index (χ2v) is 12.8. The van der Waals surface area contributed by atoms with Crippen molar-refractivity contribution in [2.45, 2.75) is 50.9 Å². The van der Waals surface area contributed by atoms with Gasteiger partial charge in [0.05, 0.1) is 11.6 Å². The number of aliphatic hydroxyl groups excluding tert-OH is 2. The Morgan fingerprint density at radius 1 is 1.02 bits per heavy atom. The van der Waals surface area contributed by atoms with Gasteiger partial charge >= 0.3 is 0 Å². The zero-order chi connectivity index (χ0) is 32.5. The number of phenolic OH excluding ortho intramolecular Hbond substituents is 1. The molecule has 3 aliphatic rings. The lowest BCUT2D eigenvalue weighted by molar-refractivity contribution is -0.148. The summed E-state index contributed by atoms with van der Waals surface area (Å²) in [6.07, 6.45) is 0.241. The number of nitrogens with zero attached hydrogens (tertiary/aromatic N) is 1. The maximum Gasteiger partial charge on any atom is 0.255 e. The minimum atomic E-state index is -2.67. The molecule has 0 saturated heterocycles. The SMILES string of the molecule is CC(C)NCc1ccc(-c2ccc(O)c3c2CC2CC4C(N(C)C)C(O)=C(C(N)=O)C(=O)C4(O)C(O)=C2C3=O)c2ccccc12. The van der Waals surface area contributed by atoms with Gasteiger partial charge in [0, 0.05) is 24.1 Å². The van der Waals surface area contributed by atoms with Gasteiger partial charge < -0.3 is 31.5 Å². The van der Waals surface area contributed by atoms with Crippen LogP contribution in [-0.4, -0.2) is 74.6 Å². The first kappa shape index (κ1) is 30.5. The molecule has 0 heterocycles. The number of ketones is 2. The summed E-state index contributed by atoms with van der Waals surface area (Å²) >= 11 is 0. The van der Waals surface area contributed by atoms with Crippen LogP contribution in [0.5, 0.6) is 5.75 Å². The molecule has 10 heteroatoms. The number of nitrogens with two attached hydrogens (primary N) is 1. The molecule has 10 nitrogen and oxygen atoms in total. The predicted molar refractivity (Wildman–Crippen MR) is 169 cm³/mol. The first-order valence-corrected chi connectivity index (χ1v) is 15.0. The Labute approximate surface area is 260 Å². The van der Waals surface area contributed by atoms with Crippen LogP contribution < -0.4 is 11.1 Å². The molecule has 3 aromatic rings. The number of amides is 1. The fourth-order valence-electron chi connectivity index (χ4n) is 7.57. The molecule has 6 rings (SSSR count).